The molecule has 0 fully saturated rings. The third-order valence-corrected chi connectivity index (χ3v) is 4.68. The molecule has 0 amide bonds. The molecule has 0 atom stereocenters. The number of alkyl halides is 13. The summed E-state index contributed by atoms with van der Waals surface area (Å²) in [6.45, 7) is 0. The molecule has 0 aliphatic rings. The van der Waals surface area contributed by atoms with E-state index in [1.165, 1.54) is 0 Å². The highest BCUT2D eigenvalue weighted by molar-refractivity contribution is 7.95. The molecule has 0 aliphatic carbocycles. The highest BCUT2D eigenvalue weighted by Gasteiger charge is 2.92. The van der Waals surface area contributed by atoms with Gasteiger partial charge in [0, 0.05) is 5.41 Å². The summed E-state index contributed by atoms with van der Waals surface area (Å²) in [5, 5.41) is -8.16. The SMILES string of the molecule is O=S(=O)(C=Cc1ccco1)C(F)(F)C(F)(F)C(F)(F)C(F)(F)C(F)(F)C(F)(F)F. The first-order valence-electron chi connectivity index (χ1n) is 6.50. The van der Waals surface area contributed by atoms with E-state index in [1.54, 1.807) is 0 Å². The van der Waals surface area contributed by atoms with Gasteiger partial charge in [0.25, 0.3) is 0 Å². The number of sulfone groups is 1. The fourth-order valence-electron chi connectivity index (χ4n) is 1.56. The van der Waals surface area contributed by atoms with E-state index in [2.05, 4.69) is 4.42 Å². The minimum absolute atomic E-state index is 0.0278. The van der Waals surface area contributed by atoms with Crippen molar-refractivity contribution < 1.29 is 69.9 Å². The smallest absolute Gasteiger partial charge is 0.460 e. The van der Waals surface area contributed by atoms with Crippen LogP contribution < -0.4 is 0 Å². The number of hydrogen-bond acceptors (Lipinski definition) is 3. The molecule has 168 valence electrons. The van der Waals surface area contributed by atoms with Crippen LogP contribution in [0.5, 0.6) is 0 Å². The monoisotopic (exact) mass is 476 g/mol. The first kappa shape index (κ1) is 25.1. The molecule has 1 aromatic heterocycles. The molecule has 0 saturated carbocycles. The molecule has 17 heteroatoms. The van der Waals surface area contributed by atoms with Crippen LogP contribution in [0, 0.1) is 0 Å². The molecule has 0 bridgehead atoms. The summed E-state index contributed by atoms with van der Waals surface area (Å²) in [5.74, 6) is -32.9. The predicted molar refractivity (Wildman–Crippen MR) is 67.5 cm³/mol. The number of halogens is 13. The van der Waals surface area contributed by atoms with Crippen molar-refractivity contribution in [3.05, 3.63) is 29.6 Å². The molecule has 0 unspecified atom stereocenters. The maximum absolute atomic E-state index is 13.6. The zero-order valence-electron chi connectivity index (χ0n) is 12.9. The summed E-state index contributed by atoms with van der Waals surface area (Å²) in [6.07, 6.45) is -6.81. The lowest BCUT2D eigenvalue weighted by Crippen LogP contribution is -2.70. The molecule has 0 radical (unpaired) electrons. The third kappa shape index (κ3) is 3.56. The first-order chi connectivity index (χ1) is 12.6. The maximum Gasteiger partial charge on any atom is 0.460 e. The van der Waals surface area contributed by atoms with Crippen molar-refractivity contribution in [2.24, 2.45) is 0 Å². The minimum atomic E-state index is -8.19. The summed E-state index contributed by atoms with van der Waals surface area (Å²) >= 11 is 0. The molecule has 29 heavy (non-hydrogen) atoms. The van der Waals surface area contributed by atoms with E-state index < -0.39 is 56.1 Å². The fraction of sp³-hybridized carbons (Fsp3) is 0.500. The molecule has 1 aromatic rings. The van der Waals surface area contributed by atoms with E-state index in [0.717, 1.165) is 18.4 Å². The lowest BCUT2D eigenvalue weighted by atomic mass is 9.98. The van der Waals surface area contributed by atoms with Gasteiger partial charge in [0.15, 0.2) is 0 Å². The predicted octanol–water partition coefficient (Wildman–Crippen LogP) is 5.36. The Bertz CT molecular complexity index is 850. The van der Waals surface area contributed by atoms with Crippen LogP contribution in [-0.2, 0) is 9.84 Å². The van der Waals surface area contributed by atoms with E-state index in [9.17, 15) is 65.5 Å². The van der Waals surface area contributed by atoms with Gasteiger partial charge in [-0.3, -0.25) is 0 Å². The molecular formula is C12H5F13O3S. The normalized spacial score (nSPS) is 15.9. The Hall–Kier alpha value is -1.94. The Kier molecular flexibility index (Phi) is 5.88. The van der Waals surface area contributed by atoms with Gasteiger partial charge in [-0.1, -0.05) is 0 Å². The zero-order valence-corrected chi connectivity index (χ0v) is 13.7. The lowest BCUT2D eigenvalue weighted by molar-refractivity contribution is -0.433. The molecule has 0 saturated heterocycles. The molecular weight excluding hydrogens is 471 g/mol. The Morgan fingerprint density at radius 2 is 1.17 bits per heavy atom. The van der Waals surface area contributed by atoms with Crippen LogP contribution in [0.25, 0.3) is 6.08 Å². The average Bonchev–Trinajstić information content (AvgIpc) is 3.04. The molecule has 0 N–H and O–H groups in total. The van der Waals surface area contributed by atoms with Gasteiger partial charge < -0.3 is 4.42 Å². The summed E-state index contributed by atoms with van der Waals surface area (Å²) < 4.78 is 195. The van der Waals surface area contributed by atoms with Gasteiger partial charge in [0.1, 0.15) is 5.76 Å². The van der Waals surface area contributed by atoms with E-state index in [0.29, 0.717) is 0 Å². The van der Waals surface area contributed by atoms with Crippen LogP contribution in [0.15, 0.2) is 28.2 Å². The lowest BCUT2D eigenvalue weighted by Gasteiger charge is -2.39. The second kappa shape index (κ2) is 6.80. The second-order valence-electron chi connectivity index (χ2n) is 5.18. The quantitative estimate of drug-likeness (QED) is 0.498. The summed E-state index contributed by atoms with van der Waals surface area (Å²) in [6, 6.07) is 1.84. The third-order valence-electron chi connectivity index (χ3n) is 3.22. The van der Waals surface area contributed by atoms with Crippen LogP contribution in [-0.4, -0.2) is 43.5 Å². The van der Waals surface area contributed by atoms with Crippen molar-refractivity contribution in [3.8, 4) is 0 Å². The number of hydrogen-bond donors (Lipinski definition) is 0. The highest BCUT2D eigenvalue weighted by Crippen LogP contribution is 2.61. The first-order valence-corrected chi connectivity index (χ1v) is 8.04. The maximum atomic E-state index is 13.6. The molecule has 0 aromatic carbocycles. The second-order valence-corrected chi connectivity index (χ2v) is 7.05. The van der Waals surface area contributed by atoms with E-state index >= 15 is 0 Å². The van der Waals surface area contributed by atoms with Crippen molar-refractivity contribution in [1.29, 1.82) is 0 Å². The van der Waals surface area contributed by atoms with E-state index in [1.807, 2.05) is 0 Å². The van der Waals surface area contributed by atoms with Gasteiger partial charge in [0.05, 0.1) is 6.26 Å². The summed E-state index contributed by atoms with van der Waals surface area (Å²) in [7, 11) is -6.98. The van der Waals surface area contributed by atoms with Gasteiger partial charge in [-0.2, -0.15) is 57.1 Å². The molecule has 3 nitrogen and oxygen atoms in total. The van der Waals surface area contributed by atoms with Gasteiger partial charge >= 0.3 is 35.1 Å². The Morgan fingerprint density at radius 1 is 0.724 bits per heavy atom. The van der Waals surface area contributed by atoms with E-state index in [-0.39, 0.29) is 6.08 Å². The Labute approximate surface area is 151 Å². The van der Waals surface area contributed by atoms with E-state index in [4.69, 9.17) is 0 Å². The van der Waals surface area contributed by atoms with Crippen molar-refractivity contribution >= 4 is 15.9 Å². The number of furan rings is 1. The largest absolute Gasteiger partial charge is 0.465 e. The molecule has 0 spiro atoms. The van der Waals surface area contributed by atoms with Crippen molar-refractivity contribution in [1.82, 2.24) is 0 Å². The standard InChI is InChI=1S/C12H5F13O3S/c13-7(14,9(17,18)11(21,22)23)8(15,16)10(19,20)12(24,25)29(26,27)5-3-6-2-1-4-28-6/h1-5H. The van der Waals surface area contributed by atoms with Crippen LogP contribution in [0.1, 0.15) is 5.76 Å². The minimum Gasteiger partial charge on any atom is -0.465 e. The summed E-state index contributed by atoms with van der Waals surface area (Å²) in [4.78, 5) is 0. The highest BCUT2D eigenvalue weighted by atomic mass is 32.2. The van der Waals surface area contributed by atoms with Gasteiger partial charge in [0.2, 0.25) is 9.84 Å². The average molecular weight is 476 g/mol. The zero-order chi connectivity index (χ0) is 23.3. The van der Waals surface area contributed by atoms with Crippen LogP contribution in [0.3, 0.4) is 0 Å². The van der Waals surface area contributed by atoms with Crippen molar-refractivity contribution in [2.45, 2.75) is 35.1 Å². The van der Waals surface area contributed by atoms with Crippen LogP contribution >= 0.6 is 0 Å². The Balaban J connectivity index is 3.53. The molecule has 1 heterocycles. The van der Waals surface area contributed by atoms with Gasteiger partial charge in [-0.25, -0.2) is 8.42 Å². The number of rotatable bonds is 7. The summed E-state index contributed by atoms with van der Waals surface area (Å²) in [5.41, 5.74) is 0. The van der Waals surface area contributed by atoms with Crippen molar-refractivity contribution in [2.75, 3.05) is 0 Å². The van der Waals surface area contributed by atoms with Crippen molar-refractivity contribution in [3.63, 3.8) is 0 Å². The topological polar surface area (TPSA) is 47.3 Å². The molecule has 1 rings (SSSR count). The van der Waals surface area contributed by atoms with Gasteiger partial charge in [-0.15, -0.1) is 0 Å². The molecule has 0 aliphatic heterocycles. The van der Waals surface area contributed by atoms with Crippen LogP contribution in [0.4, 0.5) is 57.1 Å². The Morgan fingerprint density at radius 3 is 1.55 bits per heavy atom. The van der Waals surface area contributed by atoms with Crippen LogP contribution in [0.2, 0.25) is 0 Å². The van der Waals surface area contributed by atoms with Gasteiger partial charge in [-0.05, 0) is 18.2 Å². The fourth-order valence-corrected chi connectivity index (χ4v) is 2.53.